The van der Waals surface area contributed by atoms with Crippen molar-refractivity contribution in [3.05, 3.63) is 47.1 Å². The molecule has 1 saturated carbocycles. The smallest absolute Gasteiger partial charge is 0.131 e. The first-order valence-electron chi connectivity index (χ1n) is 7.86. The molecule has 0 atom stereocenters. The Balaban J connectivity index is 1.59. The van der Waals surface area contributed by atoms with E-state index in [-0.39, 0.29) is 5.82 Å². The van der Waals surface area contributed by atoms with Crippen molar-refractivity contribution in [1.29, 1.82) is 0 Å². The molecule has 0 unspecified atom stereocenters. The van der Waals surface area contributed by atoms with Crippen LogP contribution in [-0.4, -0.2) is 6.54 Å². The number of benzene rings is 1. The number of rotatable bonds is 5. The minimum Gasteiger partial charge on any atom is -0.312 e. The summed E-state index contributed by atoms with van der Waals surface area (Å²) >= 11 is 1.59. The Kier molecular flexibility index (Phi) is 5.04. The highest BCUT2D eigenvalue weighted by Gasteiger charge is 2.13. The van der Waals surface area contributed by atoms with E-state index in [0.717, 1.165) is 35.0 Å². The third-order valence-electron chi connectivity index (χ3n) is 4.30. The van der Waals surface area contributed by atoms with Gasteiger partial charge in [-0.15, -0.1) is 11.3 Å². The second-order valence-electron chi connectivity index (χ2n) is 5.93. The highest BCUT2D eigenvalue weighted by atomic mass is 32.1. The van der Waals surface area contributed by atoms with Crippen LogP contribution in [0.25, 0.3) is 10.4 Å². The molecule has 2 aromatic rings. The molecule has 0 saturated heterocycles. The second-order valence-corrected chi connectivity index (χ2v) is 6.87. The molecular weight excluding hydrogens is 281 g/mol. The Hall–Kier alpha value is -1.19. The Bertz CT molecular complexity index is 559. The molecule has 1 heterocycles. The molecule has 0 bridgehead atoms. The van der Waals surface area contributed by atoms with E-state index in [4.69, 9.17) is 0 Å². The summed E-state index contributed by atoms with van der Waals surface area (Å²) < 4.78 is 13.9. The number of hydrogen-bond acceptors (Lipinski definition) is 2. The summed E-state index contributed by atoms with van der Waals surface area (Å²) in [7, 11) is 0. The van der Waals surface area contributed by atoms with Gasteiger partial charge in [0.2, 0.25) is 0 Å². The summed E-state index contributed by atoms with van der Waals surface area (Å²) in [6.45, 7) is 1.92. The SMILES string of the molecule is Fc1ccc(CNCC2CCCCC2)cc1-c1cccs1. The van der Waals surface area contributed by atoms with Crippen molar-refractivity contribution in [2.75, 3.05) is 6.54 Å². The Morgan fingerprint density at radius 2 is 2.00 bits per heavy atom. The summed E-state index contributed by atoms with van der Waals surface area (Å²) in [6, 6.07) is 9.40. The number of hydrogen-bond donors (Lipinski definition) is 1. The number of halogens is 1. The van der Waals surface area contributed by atoms with Crippen molar-refractivity contribution < 1.29 is 4.39 Å². The third kappa shape index (κ3) is 3.92. The van der Waals surface area contributed by atoms with Crippen LogP contribution in [0.3, 0.4) is 0 Å². The topological polar surface area (TPSA) is 12.0 Å². The summed E-state index contributed by atoms with van der Waals surface area (Å²) in [5.74, 6) is 0.699. The summed E-state index contributed by atoms with van der Waals surface area (Å²) in [5, 5.41) is 5.53. The van der Waals surface area contributed by atoms with E-state index in [1.807, 2.05) is 29.6 Å². The van der Waals surface area contributed by atoms with E-state index in [9.17, 15) is 4.39 Å². The van der Waals surface area contributed by atoms with Gasteiger partial charge >= 0.3 is 0 Å². The standard InChI is InChI=1S/C18H22FNS/c19-17-9-8-15(11-16(17)18-7-4-10-21-18)13-20-12-14-5-2-1-3-6-14/h4,7-11,14,20H,1-3,5-6,12-13H2. The van der Waals surface area contributed by atoms with E-state index in [2.05, 4.69) is 5.32 Å². The van der Waals surface area contributed by atoms with Crippen LogP contribution in [0.2, 0.25) is 0 Å². The maximum absolute atomic E-state index is 13.9. The monoisotopic (exact) mass is 303 g/mol. The molecule has 3 heteroatoms. The van der Waals surface area contributed by atoms with Gasteiger partial charge in [0.25, 0.3) is 0 Å². The molecular formula is C18H22FNS. The van der Waals surface area contributed by atoms with Crippen molar-refractivity contribution in [1.82, 2.24) is 5.32 Å². The molecule has 1 aromatic carbocycles. The normalized spacial score (nSPS) is 16.2. The molecule has 112 valence electrons. The van der Waals surface area contributed by atoms with Gasteiger partial charge in [0.05, 0.1) is 0 Å². The predicted molar refractivity (Wildman–Crippen MR) is 88.0 cm³/mol. The van der Waals surface area contributed by atoms with Crippen molar-refractivity contribution in [2.45, 2.75) is 38.6 Å². The summed E-state index contributed by atoms with van der Waals surface area (Å²) in [5.41, 5.74) is 1.89. The first-order valence-corrected chi connectivity index (χ1v) is 8.74. The maximum Gasteiger partial charge on any atom is 0.131 e. The van der Waals surface area contributed by atoms with Gasteiger partial charge in [-0.1, -0.05) is 31.4 Å². The van der Waals surface area contributed by atoms with E-state index in [1.165, 1.54) is 32.1 Å². The van der Waals surface area contributed by atoms with E-state index in [0.29, 0.717) is 0 Å². The first-order chi connectivity index (χ1) is 10.3. The highest BCUT2D eigenvalue weighted by Crippen LogP contribution is 2.28. The van der Waals surface area contributed by atoms with Crippen LogP contribution in [0.15, 0.2) is 35.7 Å². The van der Waals surface area contributed by atoms with Gasteiger partial charge in [-0.3, -0.25) is 0 Å². The van der Waals surface area contributed by atoms with Crippen LogP contribution < -0.4 is 5.32 Å². The molecule has 1 N–H and O–H groups in total. The number of nitrogens with one attached hydrogen (secondary N) is 1. The van der Waals surface area contributed by atoms with Gasteiger partial charge in [0.15, 0.2) is 0 Å². The lowest BCUT2D eigenvalue weighted by atomic mass is 9.89. The van der Waals surface area contributed by atoms with Crippen LogP contribution in [-0.2, 0) is 6.54 Å². The zero-order valence-electron chi connectivity index (χ0n) is 12.3. The van der Waals surface area contributed by atoms with Gasteiger partial charge in [-0.25, -0.2) is 4.39 Å². The fourth-order valence-electron chi connectivity index (χ4n) is 3.11. The molecule has 3 rings (SSSR count). The van der Waals surface area contributed by atoms with Crippen molar-refractivity contribution in [3.8, 4) is 10.4 Å². The third-order valence-corrected chi connectivity index (χ3v) is 5.21. The first kappa shape index (κ1) is 14.7. The highest BCUT2D eigenvalue weighted by molar-refractivity contribution is 7.13. The molecule has 21 heavy (non-hydrogen) atoms. The van der Waals surface area contributed by atoms with Gasteiger partial charge in [-0.05, 0) is 54.4 Å². The minimum atomic E-state index is -0.131. The van der Waals surface area contributed by atoms with Crippen molar-refractivity contribution in [2.24, 2.45) is 5.92 Å². The second kappa shape index (κ2) is 7.19. The Labute approximate surface area is 130 Å². The van der Waals surface area contributed by atoms with Crippen LogP contribution in [0.4, 0.5) is 4.39 Å². The predicted octanol–water partition coefficient (Wildman–Crippen LogP) is 5.22. The largest absolute Gasteiger partial charge is 0.312 e. The molecule has 1 fully saturated rings. The molecule has 1 aromatic heterocycles. The van der Waals surface area contributed by atoms with Crippen LogP contribution in [0.5, 0.6) is 0 Å². The van der Waals surface area contributed by atoms with E-state index < -0.39 is 0 Å². The quantitative estimate of drug-likeness (QED) is 0.798. The van der Waals surface area contributed by atoms with Crippen molar-refractivity contribution >= 4 is 11.3 Å². The average molecular weight is 303 g/mol. The fraction of sp³-hybridized carbons (Fsp3) is 0.444. The molecule has 1 aliphatic rings. The van der Waals surface area contributed by atoms with Gasteiger partial charge in [-0.2, -0.15) is 0 Å². The zero-order valence-corrected chi connectivity index (χ0v) is 13.1. The molecule has 1 nitrogen and oxygen atoms in total. The molecule has 0 aliphatic heterocycles. The fourth-order valence-corrected chi connectivity index (χ4v) is 3.86. The van der Waals surface area contributed by atoms with Gasteiger partial charge in [0, 0.05) is 17.0 Å². The van der Waals surface area contributed by atoms with Crippen molar-refractivity contribution in [3.63, 3.8) is 0 Å². The van der Waals surface area contributed by atoms with E-state index >= 15 is 0 Å². The molecule has 0 radical (unpaired) electrons. The summed E-state index contributed by atoms with van der Waals surface area (Å²) in [6.07, 6.45) is 6.88. The van der Waals surface area contributed by atoms with E-state index in [1.54, 1.807) is 17.4 Å². The summed E-state index contributed by atoms with van der Waals surface area (Å²) in [4.78, 5) is 1.00. The average Bonchev–Trinajstić information content (AvgIpc) is 3.04. The molecule has 0 amide bonds. The Morgan fingerprint density at radius 3 is 2.76 bits per heavy atom. The lowest BCUT2D eigenvalue weighted by Crippen LogP contribution is -2.24. The molecule has 0 spiro atoms. The molecule has 1 aliphatic carbocycles. The number of thiophene rings is 1. The maximum atomic E-state index is 13.9. The van der Waals surface area contributed by atoms with Crippen LogP contribution in [0.1, 0.15) is 37.7 Å². The zero-order chi connectivity index (χ0) is 14.5. The van der Waals surface area contributed by atoms with Gasteiger partial charge < -0.3 is 5.32 Å². The van der Waals surface area contributed by atoms with Gasteiger partial charge in [0.1, 0.15) is 5.82 Å². The lowest BCUT2D eigenvalue weighted by molar-refractivity contribution is 0.342. The van der Waals surface area contributed by atoms with Crippen LogP contribution in [0, 0.1) is 11.7 Å². The van der Waals surface area contributed by atoms with Crippen LogP contribution >= 0.6 is 11.3 Å². The minimum absolute atomic E-state index is 0.131. The lowest BCUT2D eigenvalue weighted by Gasteiger charge is -2.21. The Morgan fingerprint density at radius 1 is 1.14 bits per heavy atom.